The van der Waals surface area contributed by atoms with E-state index in [0.29, 0.717) is 19.5 Å². The number of nitrogens with zero attached hydrogens (tertiary/aromatic N) is 2. The monoisotopic (exact) mass is 331 g/mol. The van der Waals surface area contributed by atoms with Gasteiger partial charge in [-0.1, -0.05) is 0 Å². The van der Waals surface area contributed by atoms with Gasteiger partial charge in [-0.3, -0.25) is 14.9 Å². The predicted octanol–water partition coefficient (Wildman–Crippen LogP) is 2.72. The van der Waals surface area contributed by atoms with Crippen LogP contribution in [0.1, 0.15) is 25.3 Å². The molecule has 6 nitrogen and oxygen atoms in total. The van der Waals surface area contributed by atoms with Gasteiger partial charge in [0.25, 0.3) is 5.69 Å². The number of carbonyl (C=O) groups is 1. The standard InChI is InChI=1S/C14H16F3N3O3/c1-9(21)18-10-3-2-6-19(8-10)11-4-5-13(20(22)23)12(7-11)14(15,16)17/h4-5,7,10H,2-3,6,8H2,1H3,(H,18,21)/t10-/m1/s1. The van der Waals surface area contributed by atoms with Crippen molar-refractivity contribution in [1.82, 2.24) is 5.32 Å². The van der Waals surface area contributed by atoms with Gasteiger partial charge in [-0.15, -0.1) is 0 Å². The summed E-state index contributed by atoms with van der Waals surface area (Å²) in [6.45, 7) is 2.28. The maximum Gasteiger partial charge on any atom is 0.423 e. The minimum Gasteiger partial charge on any atom is -0.369 e. The number of anilines is 1. The molecule has 9 heteroatoms. The van der Waals surface area contributed by atoms with Gasteiger partial charge in [0.1, 0.15) is 5.56 Å². The molecule has 1 aromatic rings. The molecule has 0 unspecified atom stereocenters. The molecule has 1 amide bonds. The number of halogens is 3. The fourth-order valence-electron chi connectivity index (χ4n) is 2.72. The molecule has 0 bridgehead atoms. The number of nitrogens with one attached hydrogen (secondary N) is 1. The Morgan fingerprint density at radius 2 is 2.13 bits per heavy atom. The Kier molecular flexibility index (Phi) is 4.76. The van der Waals surface area contributed by atoms with Crippen molar-refractivity contribution in [2.24, 2.45) is 0 Å². The molecule has 23 heavy (non-hydrogen) atoms. The lowest BCUT2D eigenvalue weighted by molar-refractivity contribution is -0.388. The van der Waals surface area contributed by atoms with Crippen molar-refractivity contribution in [2.75, 3.05) is 18.0 Å². The number of hydrogen-bond acceptors (Lipinski definition) is 4. The van der Waals surface area contributed by atoms with Crippen LogP contribution in [0.3, 0.4) is 0 Å². The van der Waals surface area contributed by atoms with E-state index in [1.54, 1.807) is 4.90 Å². The predicted molar refractivity (Wildman–Crippen MR) is 77.2 cm³/mol. The molecule has 1 aliphatic rings. The summed E-state index contributed by atoms with van der Waals surface area (Å²) >= 11 is 0. The Morgan fingerprint density at radius 3 is 2.70 bits per heavy atom. The Bertz CT molecular complexity index is 619. The Morgan fingerprint density at radius 1 is 1.43 bits per heavy atom. The third kappa shape index (κ3) is 4.11. The Labute approximate surface area is 130 Å². The number of piperidine rings is 1. The second-order valence-electron chi connectivity index (χ2n) is 5.44. The van der Waals surface area contributed by atoms with Gasteiger partial charge in [0.2, 0.25) is 5.91 Å². The van der Waals surface area contributed by atoms with Crippen LogP contribution in [0.25, 0.3) is 0 Å². The van der Waals surface area contributed by atoms with E-state index in [1.165, 1.54) is 13.0 Å². The van der Waals surface area contributed by atoms with Crippen molar-refractivity contribution in [1.29, 1.82) is 0 Å². The highest BCUT2D eigenvalue weighted by atomic mass is 19.4. The summed E-state index contributed by atoms with van der Waals surface area (Å²) in [5.74, 6) is -0.198. The molecule has 0 saturated carbocycles. The van der Waals surface area contributed by atoms with Crippen molar-refractivity contribution in [2.45, 2.75) is 32.0 Å². The van der Waals surface area contributed by atoms with Gasteiger partial charge in [0.15, 0.2) is 0 Å². The molecule has 0 radical (unpaired) electrons. The SMILES string of the molecule is CC(=O)N[C@@H]1CCCN(c2ccc([N+](=O)[O-])c(C(F)(F)F)c2)C1. The van der Waals surface area contributed by atoms with Crippen molar-refractivity contribution in [3.05, 3.63) is 33.9 Å². The molecular formula is C14H16F3N3O3. The van der Waals surface area contributed by atoms with Gasteiger partial charge in [0.05, 0.1) is 4.92 Å². The maximum atomic E-state index is 13.0. The lowest BCUT2D eigenvalue weighted by Gasteiger charge is -2.34. The highest BCUT2D eigenvalue weighted by molar-refractivity contribution is 5.73. The third-order valence-electron chi connectivity index (χ3n) is 3.68. The van der Waals surface area contributed by atoms with E-state index in [2.05, 4.69) is 5.32 Å². The third-order valence-corrected chi connectivity index (χ3v) is 3.68. The minimum absolute atomic E-state index is 0.147. The highest BCUT2D eigenvalue weighted by Gasteiger charge is 2.39. The number of alkyl halides is 3. The van der Waals surface area contributed by atoms with Crippen molar-refractivity contribution < 1.29 is 22.9 Å². The van der Waals surface area contributed by atoms with E-state index >= 15 is 0 Å². The van der Waals surface area contributed by atoms with Gasteiger partial charge >= 0.3 is 6.18 Å². The van der Waals surface area contributed by atoms with Crippen LogP contribution in [-0.4, -0.2) is 30.0 Å². The second-order valence-corrected chi connectivity index (χ2v) is 5.44. The molecule has 126 valence electrons. The van der Waals surface area contributed by atoms with Crippen LogP contribution in [0, 0.1) is 10.1 Å². The van der Waals surface area contributed by atoms with Gasteiger partial charge in [-0.2, -0.15) is 13.2 Å². The summed E-state index contributed by atoms with van der Waals surface area (Å²) in [7, 11) is 0. The zero-order valence-corrected chi connectivity index (χ0v) is 12.4. The summed E-state index contributed by atoms with van der Waals surface area (Å²) in [5, 5.41) is 13.5. The molecule has 0 spiro atoms. The number of carbonyl (C=O) groups excluding carboxylic acids is 1. The lowest BCUT2D eigenvalue weighted by Crippen LogP contribution is -2.47. The van der Waals surface area contributed by atoms with Crippen LogP contribution in [0.5, 0.6) is 0 Å². The lowest BCUT2D eigenvalue weighted by atomic mass is 10.0. The molecular weight excluding hydrogens is 315 g/mol. The van der Waals surface area contributed by atoms with Gasteiger partial charge in [0, 0.05) is 37.8 Å². The van der Waals surface area contributed by atoms with Gasteiger partial charge in [-0.05, 0) is 25.0 Å². The first-order chi connectivity index (χ1) is 10.7. The molecule has 1 fully saturated rings. The number of hydrogen-bond donors (Lipinski definition) is 1. The van der Waals surface area contributed by atoms with Crippen LogP contribution in [-0.2, 0) is 11.0 Å². The average Bonchev–Trinajstić information content (AvgIpc) is 2.45. The maximum absolute atomic E-state index is 13.0. The van der Waals surface area contributed by atoms with Crippen molar-refractivity contribution in [3.8, 4) is 0 Å². The topological polar surface area (TPSA) is 75.5 Å². The fourth-order valence-corrected chi connectivity index (χ4v) is 2.72. The van der Waals surface area contributed by atoms with Gasteiger partial charge < -0.3 is 10.2 Å². The van der Waals surface area contributed by atoms with Crippen LogP contribution in [0.4, 0.5) is 24.5 Å². The van der Waals surface area contributed by atoms with Gasteiger partial charge in [-0.25, -0.2) is 0 Å². The first-order valence-corrected chi connectivity index (χ1v) is 7.06. The van der Waals surface area contributed by atoms with E-state index in [-0.39, 0.29) is 17.6 Å². The molecule has 1 aliphatic heterocycles. The van der Waals surface area contributed by atoms with Crippen LogP contribution in [0.15, 0.2) is 18.2 Å². The summed E-state index contributed by atoms with van der Waals surface area (Å²) < 4.78 is 39.1. The molecule has 1 heterocycles. The summed E-state index contributed by atoms with van der Waals surface area (Å²) in [6, 6.07) is 2.84. The van der Waals surface area contributed by atoms with Crippen molar-refractivity contribution in [3.63, 3.8) is 0 Å². The highest BCUT2D eigenvalue weighted by Crippen LogP contribution is 2.38. The number of nitro benzene ring substituents is 1. The molecule has 1 saturated heterocycles. The fraction of sp³-hybridized carbons (Fsp3) is 0.500. The largest absolute Gasteiger partial charge is 0.423 e. The number of rotatable bonds is 3. The summed E-state index contributed by atoms with van der Waals surface area (Å²) in [5.41, 5.74) is -1.96. The van der Waals surface area contributed by atoms with Crippen LogP contribution >= 0.6 is 0 Å². The zero-order valence-electron chi connectivity index (χ0n) is 12.4. The Hall–Kier alpha value is -2.32. The van der Waals surface area contributed by atoms with E-state index < -0.39 is 22.4 Å². The number of amides is 1. The van der Waals surface area contributed by atoms with E-state index in [4.69, 9.17) is 0 Å². The number of nitro groups is 1. The molecule has 2 rings (SSSR count). The zero-order chi connectivity index (χ0) is 17.2. The number of benzene rings is 1. The smallest absolute Gasteiger partial charge is 0.369 e. The molecule has 1 atom stereocenters. The summed E-state index contributed by atoms with van der Waals surface area (Å²) in [4.78, 5) is 22.5. The van der Waals surface area contributed by atoms with Crippen molar-refractivity contribution >= 4 is 17.3 Å². The average molecular weight is 331 g/mol. The van der Waals surface area contributed by atoms with Crippen LogP contribution in [0.2, 0.25) is 0 Å². The first kappa shape index (κ1) is 17.0. The Balaban J connectivity index is 2.29. The summed E-state index contributed by atoms with van der Waals surface area (Å²) in [6.07, 6.45) is -3.34. The minimum atomic E-state index is -4.80. The first-order valence-electron chi connectivity index (χ1n) is 7.06. The molecule has 1 aromatic carbocycles. The van der Waals surface area contributed by atoms with Crippen LogP contribution < -0.4 is 10.2 Å². The second kappa shape index (κ2) is 6.43. The van der Waals surface area contributed by atoms with E-state index in [0.717, 1.165) is 18.6 Å². The molecule has 0 aliphatic carbocycles. The van der Waals surface area contributed by atoms with E-state index in [9.17, 15) is 28.1 Å². The van der Waals surface area contributed by atoms with E-state index in [1.807, 2.05) is 0 Å². The molecule has 0 aromatic heterocycles. The normalized spacial score (nSPS) is 18.6. The molecule has 1 N–H and O–H groups in total. The quantitative estimate of drug-likeness (QED) is 0.682.